The molecule has 0 radical (unpaired) electrons. The van der Waals surface area contributed by atoms with Crippen LogP contribution in [0.3, 0.4) is 0 Å². The lowest BCUT2D eigenvalue weighted by molar-refractivity contribution is -0.145. The summed E-state index contributed by atoms with van der Waals surface area (Å²) in [5.74, 6) is -0.145. The number of hydrogen-bond donors (Lipinski definition) is 1. The molecule has 1 fully saturated rings. The molecule has 1 amide bonds. The zero-order valence-electron chi connectivity index (χ0n) is 20.6. The number of ether oxygens (including phenoxy) is 1. The van der Waals surface area contributed by atoms with Crippen LogP contribution in [-0.4, -0.2) is 112 Å². The summed E-state index contributed by atoms with van der Waals surface area (Å²) < 4.78 is 30.8. The highest BCUT2D eigenvalue weighted by molar-refractivity contribution is 7.91. The van der Waals surface area contributed by atoms with Gasteiger partial charge in [-0.15, -0.1) is 0 Å². The van der Waals surface area contributed by atoms with Gasteiger partial charge in [0.2, 0.25) is 5.91 Å². The number of piperazine rings is 1. The van der Waals surface area contributed by atoms with E-state index in [1.54, 1.807) is 6.92 Å². The van der Waals surface area contributed by atoms with Gasteiger partial charge in [-0.1, -0.05) is 0 Å². The monoisotopic (exact) mass is 515 g/mol. The van der Waals surface area contributed by atoms with E-state index in [0.29, 0.717) is 57.9 Å². The van der Waals surface area contributed by atoms with E-state index in [1.165, 1.54) is 29.8 Å². The Morgan fingerprint density at radius 1 is 1.08 bits per heavy atom. The highest BCUT2D eigenvalue weighted by Crippen LogP contribution is 2.26. The molecule has 10 nitrogen and oxygen atoms in total. The van der Waals surface area contributed by atoms with Gasteiger partial charge in [-0.05, 0) is 48.4 Å². The molecule has 0 aliphatic carbocycles. The molecule has 4 rings (SSSR count). The molecule has 1 aromatic carbocycles. The van der Waals surface area contributed by atoms with E-state index >= 15 is 0 Å². The minimum atomic E-state index is -3.41. The summed E-state index contributed by atoms with van der Waals surface area (Å²) in [5.41, 5.74) is 2.66. The largest absolute Gasteiger partial charge is 0.463 e. The van der Waals surface area contributed by atoms with E-state index < -0.39 is 15.9 Å². The van der Waals surface area contributed by atoms with Crippen LogP contribution in [0.5, 0.6) is 0 Å². The highest BCUT2D eigenvalue weighted by atomic mass is 32.2. The van der Waals surface area contributed by atoms with Crippen molar-refractivity contribution in [1.82, 2.24) is 20.0 Å². The molecule has 0 bridgehead atoms. The van der Waals surface area contributed by atoms with Crippen molar-refractivity contribution in [3.8, 4) is 6.07 Å². The summed E-state index contributed by atoms with van der Waals surface area (Å²) >= 11 is 0. The number of amides is 1. The molecule has 1 atom stereocenters. The first-order valence-corrected chi connectivity index (χ1v) is 14.0. The van der Waals surface area contributed by atoms with Crippen LogP contribution in [0.15, 0.2) is 40.3 Å². The Hall–Kier alpha value is -2.78. The predicted octanol–water partition coefficient (Wildman–Crippen LogP) is 0.0134. The van der Waals surface area contributed by atoms with Gasteiger partial charge in [0.15, 0.2) is 9.84 Å². The lowest BCUT2D eigenvalue weighted by atomic mass is 10.1. The Bertz CT molecular complexity index is 1150. The van der Waals surface area contributed by atoms with Gasteiger partial charge in [0.25, 0.3) is 0 Å². The number of nitriles is 1. The molecule has 0 saturated carbocycles. The minimum absolute atomic E-state index is 0.0322. The number of carbonyl (C=O) groups excluding carboxylic acids is 2. The fourth-order valence-electron chi connectivity index (χ4n) is 4.95. The van der Waals surface area contributed by atoms with E-state index in [4.69, 9.17) is 10.00 Å². The minimum Gasteiger partial charge on any atom is -0.463 e. The van der Waals surface area contributed by atoms with E-state index in [9.17, 15) is 18.0 Å². The van der Waals surface area contributed by atoms with Gasteiger partial charge in [0, 0.05) is 59.3 Å². The van der Waals surface area contributed by atoms with Crippen molar-refractivity contribution in [3.05, 3.63) is 41.0 Å². The summed E-state index contributed by atoms with van der Waals surface area (Å²) in [7, 11) is -3.41. The number of nitrogens with zero attached hydrogens (tertiary/aromatic N) is 4. The van der Waals surface area contributed by atoms with E-state index in [2.05, 4.69) is 15.1 Å². The second-order valence-corrected chi connectivity index (χ2v) is 11.6. The lowest BCUT2D eigenvalue weighted by Crippen LogP contribution is -2.49. The van der Waals surface area contributed by atoms with Crippen molar-refractivity contribution in [2.45, 2.75) is 24.3 Å². The number of benzene rings is 1. The average molecular weight is 516 g/mol. The van der Waals surface area contributed by atoms with Crippen LogP contribution in [0.25, 0.3) is 0 Å². The normalized spacial score (nSPS) is 20.9. The van der Waals surface area contributed by atoms with Crippen LogP contribution in [0, 0.1) is 11.3 Å². The average Bonchev–Trinajstić information content (AvgIpc) is 3.44. The molecule has 1 aromatic rings. The van der Waals surface area contributed by atoms with Crippen LogP contribution in [0.4, 0.5) is 0 Å². The third-order valence-corrected chi connectivity index (χ3v) is 8.88. The van der Waals surface area contributed by atoms with Crippen LogP contribution in [0.2, 0.25) is 0 Å². The van der Waals surface area contributed by atoms with Crippen LogP contribution in [-0.2, 0) is 24.2 Å². The second kappa shape index (κ2) is 11.5. The molecule has 3 aliphatic rings. The molecule has 11 heteroatoms. The Morgan fingerprint density at radius 3 is 2.47 bits per heavy atom. The van der Waals surface area contributed by atoms with Gasteiger partial charge in [0.05, 0.1) is 22.3 Å². The molecular formula is C25H33N5O5S. The first kappa shape index (κ1) is 26.3. The maximum atomic E-state index is 12.7. The van der Waals surface area contributed by atoms with Crippen molar-refractivity contribution < 1.29 is 22.7 Å². The number of carbonyl (C=O) groups is 2. The summed E-state index contributed by atoms with van der Waals surface area (Å²) in [6, 6.07) is 7.54. The van der Waals surface area contributed by atoms with E-state index in [-0.39, 0.29) is 22.5 Å². The van der Waals surface area contributed by atoms with Crippen molar-refractivity contribution in [3.63, 3.8) is 0 Å². The number of nitrogens with one attached hydrogen (secondary N) is 1. The number of rotatable bonds is 9. The molecule has 0 aromatic heterocycles. The van der Waals surface area contributed by atoms with Crippen molar-refractivity contribution in [2.24, 2.45) is 0 Å². The van der Waals surface area contributed by atoms with Crippen LogP contribution in [0.1, 0.15) is 18.9 Å². The van der Waals surface area contributed by atoms with Gasteiger partial charge in [-0.2, -0.15) is 5.26 Å². The quantitative estimate of drug-likeness (QED) is 0.358. The molecule has 0 spiro atoms. The SMILES string of the molecule is CC(=O)N1CCN(CCOC(=O)C2NCC3=C2CN(CCCS(=O)(=O)c2ccc(C#N)cc2)C3)CC1. The molecule has 3 heterocycles. The van der Waals surface area contributed by atoms with Crippen LogP contribution >= 0.6 is 0 Å². The van der Waals surface area contributed by atoms with Gasteiger partial charge in [0.1, 0.15) is 12.6 Å². The summed E-state index contributed by atoms with van der Waals surface area (Å²) in [6.45, 7) is 8.13. The zero-order valence-corrected chi connectivity index (χ0v) is 21.4. The van der Waals surface area contributed by atoms with E-state index in [0.717, 1.165) is 25.2 Å². The number of esters is 1. The lowest BCUT2D eigenvalue weighted by Gasteiger charge is -2.34. The third kappa shape index (κ3) is 6.31. The maximum Gasteiger partial charge on any atom is 0.327 e. The predicted molar refractivity (Wildman–Crippen MR) is 133 cm³/mol. The Morgan fingerprint density at radius 2 is 1.81 bits per heavy atom. The Kier molecular flexibility index (Phi) is 8.41. The summed E-state index contributed by atoms with van der Waals surface area (Å²) in [5, 5.41) is 12.1. The van der Waals surface area contributed by atoms with Crippen molar-refractivity contribution in [1.29, 1.82) is 5.26 Å². The molecule has 1 unspecified atom stereocenters. The van der Waals surface area contributed by atoms with Gasteiger partial charge in [-0.25, -0.2) is 13.2 Å². The second-order valence-electron chi connectivity index (χ2n) is 9.48. The topological polar surface area (TPSA) is 123 Å². The Labute approximate surface area is 212 Å². The first-order valence-electron chi connectivity index (χ1n) is 12.3. The molecule has 36 heavy (non-hydrogen) atoms. The van der Waals surface area contributed by atoms with Gasteiger partial charge < -0.3 is 9.64 Å². The zero-order chi connectivity index (χ0) is 25.7. The fraction of sp³-hybridized carbons (Fsp3) is 0.560. The van der Waals surface area contributed by atoms with Crippen molar-refractivity contribution in [2.75, 3.05) is 71.3 Å². The number of hydrogen-bond acceptors (Lipinski definition) is 9. The van der Waals surface area contributed by atoms with Gasteiger partial charge >= 0.3 is 5.97 Å². The molecule has 1 N–H and O–H groups in total. The summed E-state index contributed by atoms with van der Waals surface area (Å²) in [4.78, 5) is 30.6. The molecular weight excluding hydrogens is 482 g/mol. The summed E-state index contributed by atoms with van der Waals surface area (Å²) in [6.07, 6.45) is 0.488. The van der Waals surface area contributed by atoms with Crippen molar-refractivity contribution >= 4 is 21.7 Å². The fourth-order valence-corrected chi connectivity index (χ4v) is 6.25. The molecule has 3 aliphatic heterocycles. The smallest absolute Gasteiger partial charge is 0.327 e. The maximum absolute atomic E-state index is 12.7. The molecule has 1 saturated heterocycles. The standard InChI is InChI=1S/C25H33N5O5S/c1-19(31)30-10-8-28(9-11-30)12-13-35-25(32)24-23-18-29(17-21(23)16-27-24)7-2-14-36(33,34)22-5-3-20(15-26)4-6-22/h3-6,24,27H,2,7-14,16-18H2,1H3. The van der Waals surface area contributed by atoms with E-state index in [1.807, 2.05) is 11.0 Å². The Balaban J connectivity index is 1.18. The number of sulfone groups is 1. The first-order chi connectivity index (χ1) is 17.3. The van der Waals surface area contributed by atoms with Gasteiger partial charge in [-0.3, -0.25) is 19.9 Å². The molecule has 194 valence electrons. The van der Waals surface area contributed by atoms with Crippen LogP contribution < -0.4 is 5.32 Å². The highest BCUT2D eigenvalue weighted by Gasteiger charge is 2.37. The third-order valence-electron chi connectivity index (χ3n) is 7.07.